The molecule has 6 nitrogen and oxygen atoms in total. The number of fused-ring (bicyclic) bond motifs is 1. The lowest BCUT2D eigenvalue weighted by molar-refractivity contribution is -0.129. The van der Waals surface area contributed by atoms with Crippen molar-refractivity contribution in [2.75, 3.05) is 13.2 Å². The minimum Gasteiger partial charge on any atom is -0.375 e. The summed E-state index contributed by atoms with van der Waals surface area (Å²) in [6.45, 7) is 7.61. The third kappa shape index (κ3) is 4.05. The Hall–Kier alpha value is -1.11. The Balaban J connectivity index is 0.00000192. The van der Waals surface area contributed by atoms with Crippen molar-refractivity contribution in [1.29, 1.82) is 0 Å². The summed E-state index contributed by atoms with van der Waals surface area (Å²) < 4.78 is 7.57. The van der Waals surface area contributed by atoms with Gasteiger partial charge in [0.05, 0.1) is 18.4 Å². The van der Waals surface area contributed by atoms with Crippen molar-refractivity contribution >= 4 is 18.3 Å². The number of ether oxygens (including phenoxy) is 1. The quantitative estimate of drug-likeness (QED) is 0.867. The van der Waals surface area contributed by atoms with E-state index in [4.69, 9.17) is 4.74 Å². The van der Waals surface area contributed by atoms with Crippen molar-refractivity contribution in [3.05, 3.63) is 17.5 Å². The number of aryl methyl sites for hydroxylation is 1. The number of amides is 1. The van der Waals surface area contributed by atoms with Gasteiger partial charge in [-0.2, -0.15) is 5.10 Å². The van der Waals surface area contributed by atoms with E-state index in [0.29, 0.717) is 12.6 Å². The number of carbonyl (C=O) groups is 1. The molecule has 2 aliphatic rings. The standard InChI is InChI=1S/C16H26N4O2.ClH/c1-10(2)20-9-12-4-5-13(8-14(12)19-20)18-16(21)15-11(3)22-7-6-17-15;/h9-11,13,15,17H,4-8H2,1-3H3,(H,18,21);1H/t11-,13?,15+;/m1./s1. The van der Waals surface area contributed by atoms with Crippen molar-refractivity contribution in [1.82, 2.24) is 20.4 Å². The molecule has 3 rings (SSSR count). The molecule has 0 spiro atoms. The van der Waals surface area contributed by atoms with Crippen LogP contribution in [-0.4, -0.2) is 47.0 Å². The molecule has 1 saturated heterocycles. The van der Waals surface area contributed by atoms with Gasteiger partial charge < -0.3 is 15.4 Å². The first-order valence-electron chi connectivity index (χ1n) is 8.27. The molecule has 2 heterocycles. The predicted molar refractivity (Wildman–Crippen MR) is 91.0 cm³/mol. The van der Waals surface area contributed by atoms with Gasteiger partial charge in [-0.15, -0.1) is 12.4 Å². The number of hydrogen-bond donors (Lipinski definition) is 2. The van der Waals surface area contributed by atoms with Crippen LogP contribution < -0.4 is 10.6 Å². The van der Waals surface area contributed by atoms with Gasteiger partial charge in [-0.3, -0.25) is 9.48 Å². The second-order valence-electron chi connectivity index (χ2n) is 6.63. The molecule has 1 fully saturated rings. The molecule has 0 bridgehead atoms. The van der Waals surface area contributed by atoms with Crippen LogP contribution in [0, 0.1) is 0 Å². The van der Waals surface area contributed by atoms with E-state index < -0.39 is 0 Å². The van der Waals surface area contributed by atoms with E-state index in [1.807, 2.05) is 11.6 Å². The Kier molecular flexibility index (Phi) is 6.06. The average Bonchev–Trinajstić information content (AvgIpc) is 2.91. The van der Waals surface area contributed by atoms with E-state index in [-0.39, 0.29) is 36.5 Å². The number of aromatic nitrogens is 2. The number of rotatable bonds is 3. The van der Waals surface area contributed by atoms with Crippen LogP contribution >= 0.6 is 12.4 Å². The highest BCUT2D eigenvalue weighted by Crippen LogP contribution is 2.22. The molecule has 1 amide bonds. The maximum atomic E-state index is 12.4. The van der Waals surface area contributed by atoms with Gasteiger partial charge >= 0.3 is 0 Å². The largest absolute Gasteiger partial charge is 0.375 e. The van der Waals surface area contributed by atoms with Crippen LogP contribution in [0.1, 0.15) is 44.5 Å². The number of nitrogens with one attached hydrogen (secondary N) is 2. The number of halogens is 1. The first kappa shape index (κ1) is 18.2. The van der Waals surface area contributed by atoms with Crippen LogP contribution in [0.15, 0.2) is 6.20 Å². The Morgan fingerprint density at radius 2 is 2.30 bits per heavy atom. The number of nitrogens with zero attached hydrogens (tertiary/aromatic N) is 2. The highest BCUT2D eigenvalue weighted by atomic mass is 35.5. The fourth-order valence-electron chi connectivity index (χ4n) is 3.22. The van der Waals surface area contributed by atoms with Crippen molar-refractivity contribution in [3.8, 4) is 0 Å². The topological polar surface area (TPSA) is 68.2 Å². The lowest BCUT2D eigenvalue weighted by atomic mass is 9.93. The smallest absolute Gasteiger partial charge is 0.240 e. The molecule has 1 aromatic rings. The Morgan fingerprint density at radius 1 is 1.52 bits per heavy atom. The highest BCUT2D eigenvalue weighted by Gasteiger charge is 2.31. The normalized spacial score (nSPS) is 27.2. The van der Waals surface area contributed by atoms with E-state index in [1.54, 1.807) is 0 Å². The van der Waals surface area contributed by atoms with Crippen molar-refractivity contribution < 1.29 is 9.53 Å². The zero-order chi connectivity index (χ0) is 15.7. The van der Waals surface area contributed by atoms with Gasteiger partial charge in [-0.05, 0) is 39.2 Å². The maximum Gasteiger partial charge on any atom is 0.240 e. The first-order chi connectivity index (χ1) is 10.5. The zero-order valence-corrected chi connectivity index (χ0v) is 14.9. The molecule has 1 aliphatic carbocycles. The van der Waals surface area contributed by atoms with Crippen LogP contribution in [0.3, 0.4) is 0 Å². The van der Waals surface area contributed by atoms with E-state index in [2.05, 4.69) is 35.8 Å². The predicted octanol–water partition coefficient (Wildman–Crippen LogP) is 1.24. The molecule has 3 atom stereocenters. The molecule has 0 saturated carbocycles. The van der Waals surface area contributed by atoms with Crippen LogP contribution in [0.4, 0.5) is 0 Å². The third-order valence-electron chi connectivity index (χ3n) is 4.57. The molecule has 23 heavy (non-hydrogen) atoms. The molecule has 1 unspecified atom stereocenters. The molecule has 2 N–H and O–H groups in total. The minimum absolute atomic E-state index is 0. The Labute approximate surface area is 143 Å². The lowest BCUT2D eigenvalue weighted by Crippen LogP contribution is -2.57. The molecule has 1 aliphatic heterocycles. The summed E-state index contributed by atoms with van der Waals surface area (Å²) in [7, 11) is 0. The lowest BCUT2D eigenvalue weighted by Gasteiger charge is -2.31. The van der Waals surface area contributed by atoms with Crippen molar-refractivity contribution in [2.45, 2.75) is 64.3 Å². The van der Waals surface area contributed by atoms with E-state index in [1.165, 1.54) is 5.56 Å². The van der Waals surface area contributed by atoms with Crippen LogP contribution in [0.25, 0.3) is 0 Å². The van der Waals surface area contributed by atoms with Crippen molar-refractivity contribution in [2.24, 2.45) is 0 Å². The Bertz CT molecular complexity index is 546. The molecule has 0 radical (unpaired) electrons. The first-order valence-corrected chi connectivity index (χ1v) is 8.27. The third-order valence-corrected chi connectivity index (χ3v) is 4.57. The summed E-state index contributed by atoms with van der Waals surface area (Å²) in [5.74, 6) is 0.0453. The van der Waals surface area contributed by atoms with Crippen LogP contribution in [0.5, 0.6) is 0 Å². The molecular weight excluding hydrogens is 316 g/mol. The van der Waals surface area contributed by atoms with E-state index in [9.17, 15) is 4.79 Å². The summed E-state index contributed by atoms with van der Waals surface area (Å²) in [5.41, 5.74) is 2.46. The van der Waals surface area contributed by atoms with Gasteiger partial charge in [0.1, 0.15) is 6.04 Å². The molecule has 7 heteroatoms. The minimum atomic E-state index is -0.247. The highest BCUT2D eigenvalue weighted by molar-refractivity contribution is 5.85. The van der Waals surface area contributed by atoms with Crippen LogP contribution in [-0.2, 0) is 22.4 Å². The summed E-state index contributed by atoms with van der Waals surface area (Å²) >= 11 is 0. The van der Waals surface area contributed by atoms with Gasteiger partial charge in [0.2, 0.25) is 5.91 Å². The summed E-state index contributed by atoms with van der Waals surface area (Å²) in [6, 6.07) is 0.304. The number of carbonyl (C=O) groups excluding carboxylic acids is 1. The fourth-order valence-corrected chi connectivity index (χ4v) is 3.22. The molecular formula is C16H27ClN4O2. The van der Waals surface area contributed by atoms with Gasteiger partial charge in [0, 0.05) is 31.2 Å². The summed E-state index contributed by atoms with van der Waals surface area (Å²) in [6.07, 6.45) is 4.86. The van der Waals surface area contributed by atoms with E-state index in [0.717, 1.165) is 31.5 Å². The molecule has 0 aromatic carbocycles. The zero-order valence-electron chi connectivity index (χ0n) is 14.0. The fraction of sp³-hybridized carbons (Fsp3) is 0.750. The molecule has 1 aromatic heterocycles. The summed E-state index contributed by atoms with van der Waals surface area (Å²) in [5, 5.41) is 11.1. The second kappa shape index (κ2) is 7.64. The van der Waals surface area contributed by atoms with Gasteiger partial charge in [0.15, 0.2) is 0 Å². The van der Waals surface area contributed by atoms with Crippen molar-refractivity contribution in [3.63, 3.8) is 0 Å². The second-order valence-corrected chi connectivity index (χ2v) is 6.63. The van der Waals surface area contributed by atoms with Gasteiger partial charge in [-0.25, -0.2) is 0 Å². The Morgan fingerprint density at radius 3 is 3.00 bits per heavy atom. The molecule has 130 valence electrons. The van der Waals surface area contributed by atoms with Gasteiger partial charge in [-0.1, -0.05) is 0 Å². The average molecular weight is 343 g/mol. The number of morpholine rings is 1. The van der Waals surface area contributed by atoms with Gasteiger partial charge in [0.25, 0.3) is 0 Å². The summed E-state index contributed by atoms with van der Waals surface area (Å²) in [4.78, 5) is 12.4. The monoisotopic (exact) mass is 342 g/mol. The van der Waals surface area contributed by atoms with E-state index >= 15 is 0 Å². The van der Waals surface area contributed by atoms with Crippen LogP contribution in [0.2, 0.25) is 0 Å². The SMILES string of the molecule is CC(C)n1cc2c(n1)CC(NC(=O)[C@H]1NCCO[C@@H]1C)CC2.Cl. The number of hydrogen-bond acceptors (Lipinski definition) is 4. The maximum absolute atomic E-state index is 12.4.